The molecule has 0 radical (unpaired) electrons. The van der Waals surface area contributed by atoms with Gasteiger partial charge in [0.25, 0.3) is 0 Å². The molecule has 0 spiro atoms. The molecule has 0 aliphatic carbocycles. The van der Waals surface area contributed by atoms with Gasteiger partial charge in [0.15, 0.2) is 34.5 Å². The Balaban J connectivity index is 0.0000000999. The molecule has 20 aromatic rings. The van der Waals surface area contributed by atoms with Gasteiger partial charge in [-0.2, -0.15) is 0 Å². The fraction of sp³-hybridized carbons (Fsp3) is 0. The highest BCUT2D eigenvalue weighted by Crippen LogP contribution is 2.52. The fourth-order valence-electron chi connectivity index (χ4n) is 16.0. The van der Waals surface area contributed by atoms with Gasteiger partial charge in [-0.1, -0.05) is 237 Å². The fourth-order valence-corrected chi connectivity index (χ4v) is 16.0. The zero-order chi connectivity index (χ0) is 66.2. The van der Waals surface area contributed by atoms with E-state index in [4.69, 9.17) is 18.6 Å². The van der Waals surface area contributed by atoms with Crippen molar-refractivity contribution in [3.8, 4) is 107 Å². The van der Waals surface area contributed by atoms with Gasteiger partial charge in [0.2, 0.25) is 0 Å². The van der Waals surface area contributed by atoms with E-state index in [1.807, 2.05) is 48.5 Å². The lowest BCUT2D eigenvalue weighted by Gasteiger charge is -2.21. The van der Waals surface area contributed by atoms with E-state index in [0.29, 0.717) is 0 Å². The van der Waals surface area contributed by atoms with Crippen molar-refractivity contribution in [2.24, 2.45) is 0 Å². The summed E-state index contributed by atoms with van der Waals surface area (Å²) >= 11 is 0. The second kappa shape index (κ2) is 22.5. The molecule has 0 bridgehead atoms. The molecule has 3 aliphatic heterocycles. The standard InChI is InChI=1S/C36H21NO2.C30H19NO.C28H17NO/c1-3-15-30-26(11-1)29-20-24(21-34-35(29)37(30)31-16-4-6-18-33(31)38-34)22-9-7-10-23(19-22)25-13-8-14-28-27-12-2-5-17-32(27)39-36(25)28;1-2-9-20(10-3-1)21-11-8-12-22(17-21)23-18-25-24-13-4-5-14-26(24)31-27-15-6-7-16-28(27)32-29(19-23)30(25)31;1-2-10-20-18(8-1)9-7-12-21(20)19-16-23-22-11-3-4-13-24(22)29-25-14-5-6-15-26(25)30-27(17-19)28(23)29/h1-21H;1-19H;1-17H. The zero-order valence-corrected chi connectivity index (χ0v) is 54.4. The van der Waals surface area contributed by atoms with E-state index >= 15 is 0 Å². The lowest BCUT2D eigenvalue weighted by molar-refractivity contribution is 0.476. The highest BCUT2D eigenvalue weighted by molar-refractivity contribution is 6.17. The summed E-state index contributed by atoms with van der Waals surface area (Å²) < 4.78 is 32.7. The maximum atomic E-state index is 6.51. The number of para-hydroxylation sites is 11. The van der Waals surface area contributed by atoms with Gasteiger partial charge in [-0.15, -0.1) is 0 Å². The number of aromatic nitrogens is 3. The number of fused-ring (bicyclic) bond motifs is 19. The summed E-state index contributed by atoms with van der Waals surface area (Å²) in [4.78, 5) is 0. The average molecular weight is 1290 g/mol. The molecule has 0 N–H and O–H groups in total. The molecule has 7 heterocycles. The number of benzene rings is 16. The summed E-state index contributed by atoms with van der Waals surface area (Å²) in [5.74, 6) is 5.33. The molecular weight excluding hydrogens is 1240 g/mol. The van der Waals surface area contributed by atoms with Crippen LogP contribution in [-0.4, -0.2) is 13.7 Å². The van der Waals surface area contributed by atoms with Gasteiger partial charge in [0.1, 0.15) is 11.2 Å². The number of rotatable bonds is 5. The minimum atomic E-state index is 0.870. The van der Waals surface area contributed by atoms with E-state index in [1.165, 1.54) is 87.5 Å². The number of furan rings is 1. The van der Waals surface area contributed by atoms with Gasteiger partial charge < -0.3 is 32.3 Å². The van der Waals surface area contributed by atoms with Crippen molar-refractivity contribution in [3.05, 3.63) is 346 Å². The van der Waals surface area contributed by atoms with E-state index in [0.717, 1.165) is 118 Å². The van der Waals surface area contributed by atoms with Crippen LogP contribution in [0.2, 0.25) is 0 Å². The highest BCUT2D eigenvalue weighted by Gasteiger charge is 2.29. The summed E-state index contributed by atoms with van der Waals surface area (Å²) in [6, 6.07) is 122. The largest absolute Gasteiger partial charge is 0.455 e. The Kier molecular flexibility index (Phi) is 12.6. The summed E-state index contributed by atoms with van der Waals surface area (Å²) in [6.45, 7) is 0. The first kappa shape index (κ1) is 56.5. The topological polar surface area (TPSA) is 55.6 Å². The second-order valence-electron chi connectivity index (χ2n) is 26.2. The quantitative estimate of drug-likeness (QED) is 0.172. The van der Waals surface area contributed by atoms with Crippen LogP contribution >= 0.6 is 0 Å². The number of hydrogen-bond acceptors (Lipinski definition) is 4. The molecule has 16 aromatic carbocycles. The van der Waals surface area contributed by atoms with Crippen LogP contribution in [0.25, 0.3) is 171 Å². The Hall–Kier alpha value is -13.6. The van der Waals surface area contributed by atoms with Gasteiger partial charge in [0.05, 0.1) is 50.2 Å². The van der Waals surface area contributed by atoms with Crippen LogP contribution in [0.15, 0.2) is 350 Å². The van der Waals surface area contributed by atoms with Crippen molar-refractivity contribution in [3.63, 3.8) is 0 Å². The van der Waals surface area contributed by atoms with E-state index in [9.17, 15) is 0 Å². The smallest absolute Gasteiger partial charge is 0.152 e. The van der Waals surface area contributed by atoms with Crippen LogP contribution in [0.3, 0.4) is 0 Å². The molecule has 3 aliphatic rings. The Morgan fingerprint density at radius 3 is 1.12 bits per heavy atom. The molecule has 7 nitrogen and oxygen atoms in total. The van der Waals surface area contributed by atoms with Gasteiger partial charge >= 0.3 is 0 Å². The summed E-state index contributed by atoms with van der Waals surface area (Å²) in [6.07, 6.45) is 0. The molecular formula is C94H57N3O4. The minimum absolute atomic E-state index is 0.870. The molecule has 0 atom stereocenters. The first-order valence-corrected chi connectivity index (χ1v) is 34.3. The van der Waals surface area contributed by atoms with E-state index in [2.05, 4.69) is 311 Å². The molecule has 0 unspecified atom stereocenters. The summed E-state index contributed by atoms with van der Waals surface area (Å²) in [5, 5.41) is 12.1. The van der Waals surface area contributed by atoms with E-state index in [1.54, 1.807) is 0 Å². The average Bonchev–Trinajstić information content (AvgIpc) is 1.56. The molecule has 23 rings (SSSR count). The zero-order valence-electron chi connectivity index (χ0n) is 54.4. The lowest BCUT2D eigenvalue weighted by atomic mass is 9.96. The molecule has 0 fully saturated rings. The van der Waals surface area contributed by atoms with Crippen molar-refractivity contribution in [1.29, 1.82) is 0 Å². The maximum Gasteiger partial charge on any atom is 0.152 e. The first-order valence-electron chi connectivity index (χ1n) is 34.3. The van der Waals surface area contributed by atoms with Gasteiger partial charge in [0, 0.05) is 48.7 Å². The SMILES string of the molecule is c1cc(-c2cc3c4c(c2)c2ccccc2n4-c2ccccc2O3)cc(-c2cccc3c2oc2ccccc23)c1.c1ccc(-c2cccc(-c3cc4c5c(c3)c3ccccc3n5-c3ccccc3O4)c2)cc1.c1ccc2c(c1)Oc1cc(-c3cccc4ccccc34)cc3c4ccccc4n-2c13. The van der Waals surface area contributed by atoms with Gasteiger partial charge in [-0.05, 0) is 170 Å². The molecule has 7 heteroatoms. The summed E-state index contributed by atoms with van der Waals surface area (Å²) in [5.41, 5.74) is 23.7. The Morgan fingerprint density at radius 1 is 0.198 bits per heavy atom. The van der Waals surface area contributed by atoms with Gasteiger partial charge in [-0.25, -0.2) is 0 Å². The lowest BCUT2D eigenvalue weighted by Crippen LogP contribution is -2.03. The normalized spacial score (nSPS) is 12.2. The van der Waals surface area contributed by atoms with Crippen molar-refractivity contribution in [2.75, 3.05) is 0 Å². The minimum Gasteiger partial charge on any atom is -0.455 e. The highest BCUT2D eigenvalue weighted by atomic mass is 16.5. The van der Waals surface area contributed by atoms with Crippen LogP contribution < -0.4 is 14.2 Å². The summed E-state index contributed by atoms with van der Waals surface area (Å²) in [7, 11) is 0. The van der Waals surface area contributed by atoms with Crippen LogP contribution in [0, 0.1) is 0 Å². The monoisotopic (exact) mass is 1290 g/mol. The van der Waals surface area contributed by atoms with E-state index in [-0.39, 0.29) is 0 Å². The van der Waals surface area contributed by atoms with Crippen molar-refractivity contribution >= 4 is 98.1 Å². The maximum absolute atomic E-state index is 6.51. The Morgan fingerprint density at radius 2 is 0.564 bits per heavy atom. The Labute approximate surface area is 580 Å². The number of hydrogen-bond donors (Lipinski definition) is 0. The number of ether oxygens (including phenoxy) is 3. The molecule has 4 aromatic heterocycles. The number of nitrogens with zero attached hydrogens (tertiary/aromatic N) is 3. The van der Waals surface area contributed by atoms with Crippen LogP contribution in [-0.2, 0) is 0 Å². The molecule has 0 saturated heterocycles. The van der Waals surface area contributed by atoms with Crippen molar-refractivity contribution in [2.45, 2.75) is 0 Å². The van der Waals surface area contributed by atoms with Crippen LogP contribution in [0.5, 0.6) is 34.5 Å². The van der Waals surface area contributed by atoms with Crippen molar-refractivity contribution < 1.29 is 18.6 Å². The molecule has 101 heavy (non-hydrogen) atoms. The third-order valence-corrected chi connectivity index (χ3v) is 20.5. The molecule has 0 saturated carbocycles. The third kappa shape index (κ3) is 8.93. The van der Waals surface area contributed by atoms with E-state index < -0.39 is 0 Å². The van der Waals surface area contributed by atoms with Gasteiger partial charge in [-0.3, -0.25) is 0 Å². The van der Waals surface area contributed by atoms with Crippen LogP contribution in [0.1, 0.15) is 0 Å². The molecule has 0 amide bonds. The molecule has 472 valence electrons. The first-order chi connectivity index (χ1) is 50.1. The third-order valence-electron chi connectivity index (χ3n) is 20.5. The second-order valence-corrected chi connectivity index (χ2v) is 26.2. The predicted octanol–water partition coefficient (Wildman–Crippen LogP) is 26.1. The Bertz CT molecular complexity index is 6820. The predicted molar refractivity (Wildman–Crippen MR) is 415 cm³/mol. The van der Waals surface area contributed by atoms with Crippen LogP contribution in [0.4, 0.5) is 0 Å². The van der Waals surface area contributed by atoms with Crippen molar-refractivity contribution in [1.82, 2.24) is 13.7 Å².